The molecule has 0 bridgehead atoms. The summed E-state index contributed by atoms with van der Waals surface area (Å²) in [6.45, 7) is 8.89. The maximum atomic E-state index is 13.5. The molecule has 2 aromatic heterocycles. The van der Waals surface area contributed by atoms with Crippen LogP contribution in [0, 0.1) is 23.7 Å². The Hall–Kier alpha value is -3.85. The normalized spacial score (nSPS) is 21.6. The van der Waals surface area contributed by atoms with Gasteiger partial charge >= 0.3 is 5.97 Å². The maximum Gasteiger partial charge on any atom is 0.310 e. The number of carbonyl (C=O) groups is 3. The van der Waals surface area contributed by atoms with Crippen LogP contribution >= 0.6 is 11.3 Å². The van der Waals surface area contributed by atoms with E-state index >= 15 is 0 Å². The second-order valence-electron chi connectivity index (χ2n) is 16.5. The summed E-state index contributed by atoms with van der Waals surface area (Å²) in [6.07, 6.45) is 21.3. The SMILES string of the molecule is CCCCCC1CCC(C2CC=C(c3cnc(-c4ccc(C[C@H](NC(=O)c5ccc(C(C)(C)C)s5)C(=O)N5CC(C(=O)O)C5)cc4)nc3)CC2)CC1. The standard InChI is InChI=1S/C43H56N4O4S/c1-5-6-7-8-28-9-13-30(14-10-28)31-17-19-32(20-18-31)34-24-44-39(45-25-34)33-15-11-29(12-16-33)23-36(41(49)47-26-35(27-47)42(50)51)46-40(48)37-21-22-38(52-37)43(2,3)4/h11-12,15-16,19,21-22,24-25,28,30-31,35-36H,5-10,13-14,17-18,20,23,26-27H2,1-4H3,(H,46,48)(H,50,51)/t28?,30?,31?,36-/m0/s1. The van der Waals surface area contributed by atoms with Gasteiger partial charge in [0.15, 0.2) is 5.82 Å². The van der Waals surface area contributed by atoms with E-state index in [9.17, 15) is 19.5 Å². The van der Waals surface area contributed by atoms with Crippen LogP contribution < -0.4 is 5.32 Å². The van der Waals surface area contributed by atoms with Crippen LogP contribution in [-0.2, 0) is 21.4 Å². The van der Waals surface area contributed by atoms with Gasteiger partial charge in [-0.1, -0.05) is 96.6 Å². The summed E-state index contributed by atoms with van der Waals surface area (Å²) in [6, 6.07) is 10.7. The predicted molar refractivity (Wildman–Crippen MR) is 208 cm³/mol. The van der Waals surface area contributed by atoms with Gasteiger partial charge in [0, 0.05) is 47.9 Å². The van der Waals surface area contributed by atoms with Crippen molar-refractivity contribution in [3.8, 4) is 11.4 Å². The number of aromatic nitrogens is 2. The lowest BCUT2D eigenvalue weighted by molar-refractivity contribution is -0.153. The van der Waals surface area contributed by atoms with Gasteiger partial charge in [0.25, 0.3) is 5.91 Å². The van der Waals surface area contributed by atoms with Gasteiger partial charge < -0.3 is 15.3 Å². The molecule has 6 rings (SSSR count). The largest absolute Gasteiger partial charge is 0.481 e. The molecule has 1 unspecified atom stereocenters. The number of hydrogen-bond acceptors (Lipinski definition) is 6. The van der Waals surface area contributed by atoms with Crippen LogP contribution in [0.3, 0.4) is 0 Å². The van der Waals surface area contributed by atoms with Crippen LogP contribution in [-0.4, -0.2) is 56.9 Å². The van der Waals surface area contributed by atoms with E-state index in [-0.39, 0.29) is 36.7 Å². The Kier molecular flexibility index (Phi) is 12.3. The first-order valence-corrected chi connectivity index (χ1v) is 20.3. The van der Waals surface area contributed by atoms with Gasteiger partial charge in [0.05, 0.1) is 10.8 Å². The van der Waals surface area contributed by atoms with Crippen molar-refractivity contribution in [2.45, 2.75) is 116 Å². The molecule has 278 valence electrons. The number of nitrogens with zero attached hydrogens (tertiary/aromatic N) is 3. The Morgan fingerprint density at radius 2 is 1.63 bits per heavy atom. The molecule has 2 fully saturated rings. The Bertz CT molecular complexity index is 1710. The number of unbranched alkanes of at least 4 members (excludes halogenated alkanes) is 2. The maximum absolute atomic E-state index is 13.5. The Balaban J connectivity index is 1.05. The van der Waals surface area contributed by atoms with Crippen molar-refractivity contribution in [1.82, 2.24) is 20.2 Å². The monoisotopic (exact) mass is 724 g/mol. The molecule has 3 heterocycles. The summed E-state index contributed by atoms with van der Waals surface area (Å²) in [7, 11) is 0. The van der Waals surface area contributed by atoms with Crippen molar-refractivity contribution in [3.05, 3.63) is 75.7 Å². The highest BCUT2D eigenvalue weighted by Gasteiger charge is 2.39. The zero-order valence-electron chi connectivity index (χ0n) is 31.4. The zero-order valence-corrected chi connectivity index (χ0v) is 32.2. The van der Waals surface area contributed by atoms with E-state index in [2.05, 4.69) is 39.1 Å². The fourth-order valence-electron chi connectivity index (χ4n) is 8.17. The summed E-state index contributed by atoms with van der Waals surface area (Å²) in [5, 5.41) is 12.3. The van der Waals surface area contributed by atoms with Crippen LogP contribution in [0.1, 0.15) is 124 Å². The Morgan fingerprint density at radius 3 is 2.23 bits per heavy atom. The highest BCUT2D eigenvalue weighted by molar-refractivity contribution is 7.14. The van der Waals surface area contributed by atoms with Gasteiger partial charge in [0.1, 0.15) is 6.04 Å². The highest BCUT2D eigenvalue weighted by Crippen LogP contribution is 2.42. The summed E-state index contributed by atoms with van der Waals surface area (Å²) >= 11 is 1.43. The molecule has 2 atom stereocenters. The summed E-state index contributed by atoms with van der Waals surface area (Å²) in [5.41, 5.74) is 4.13. The molecule has 9 heteroatoms. The second-order valence-corrected chi connectivity index (χ2v) is 17.5. The average molecular weight is 725 g/mol. The molecule has 2 amide bonds. The van der Waals surface area contributed by atoms with E-state index in [4.69, 9.17) is 9.97 Å². The van der Waals surface area contributed by atoms with Crippen LogP contribution in [0.15, 0.2) is 54.9 Å². The number of carboxylic acids is 1. The van der Waals surface area contributed by atoms with Crippen LogP contribution in [0.4, 0.5) is 0 Å². The fraction of sp³-hybridized carbons (Fsp3) is 0.558. The smallest absolute Gasteiger partial charge is 0.310 e. The minimum Gasteiger partial charge on any atom is -0.481 e. The number of nitrogens with one attached hydrogen (secondary N) is 1. The molecule has 0 spiro atoms. The van der Waals surface area contributed by atoms with Crippen molar-refractivity contribution in [2.24, 2.45) is 23.7 Å². The minimum atomic E-state index is -0.909. The number of allylic oxidation sites excluding steroid dienone is 2. The number of rotatable bonds is 13. The van der Waals surface area contributed by atoms with Crippen molar-refractivity contribution in [1.29, 1.82) is 0 Å². The third kappa shape index (κ3) is 9.38. The molecule has 1 saturated heterocycles. The van der Waals surface area contributed by atoms with Crippen LogP contribution in [0.2, 0.25) is 0 Å². The third-order valence-electron chi connectivity index (χ3n) is 11.6. The van der Waals surface area contributed by atoms with Crippen molar-refractivity contribution in [3.63, 3.8) is 0 Å². The molecule has 52 heavy (non-hydrogen) atoms. The Morgan fingerprint density at radius 1 is 0.923 bits per heavy atom. The molecule has 3 aromatic rings. The summed E-state index contributed by atoms with van der Waals surface area (Å²) in [5.74, 6) is 1.25. The number of thiophene rings is 1. The van der Waals surface area contributed by atoms with Gasteiger partial charge in [-0.3, -0.25) is 14.4 Å². The zero-order chi connectivity index (χ0) is 36.8. The first-order chi connectivity index (χ1) is 25.0. The van der Waals surface area contributed by atoms with Crippen molar-refractivity contribution < 1.29 is 19.5 Å². The first kappa shape index (κ1) is 37.9. The topological polar surface area (TPSA) is 112 Å². The predicted octanol–water partition coefficient (Wildman–Crippen LogP) is 8.96. The number of carboxylic acid groups (broad SMARTS) is 1. The van der Waals surface area contributed by atoms with Gasteiger partial charge in [0.2, 0.25) is 5.91 Å². The lowest BCUT2D eigenvalue weighted by Gasteiger charge is -2.38. The fourth-order valence-corrected chi connectivity index (χ4v) is 9.14. The summed E-state index contributed by atoms with van der Waals surface area (Å²) in [4.78, 5) is 50.9. The van der Waals surface area contributed by atoms with Gasteiger partial charge in [-0.25, -0.2) is 9.97 Å². The molecule has 2 N–H and O–H groups in total. The van der Waals surface area contributed by atoms with E-state index in [0.717, 1.165) is 52.2 Å². The highest BCUT2D eigenvalue weighted by atomic mass is 32.1. The molecule has 1 aromatic carbocycles. The average Bonchev–Trinajstić information content (AvgIpc) is 3.64. The second kappa shape index (κ2) is 16.9. The molecule has 1 aliphatic heterocycles. The van der Waals surface area contributed by atoms with E-state index < -0.39 is 17.9 Å². The van der Waals surface area contributed by atoms with Crippen molar-refractivity contribution >= 4 is 34.7 Å². The number of aliphatic carboxylic acids is 1. The van der Waals surface area contributed by atoms with E-state index in [1.165, 1.54) is 79.6 Å². The quantitative estimate of drug-likeness (QED) is 0.170. The summed E-state index contributed by atoms with van der Waals surface area (Å²) < 4.78 is 0. The molecule has 0 radical (unpaired) electrons. The lowest BCUT2D eigenvalue weighted by atomic mass is 9.70. The molecular formula is C43H56N4O4S. The number of hydrogen-bond donors (Lipinski definition) is 2. The number of carbonyl (C=O) groups excluding carboxylic acids is 2. The van der Waals surface area contributed by atoms with E-state index in [1.807, 2.05) is 42.7 Å². The number of amides is 2. The van der Waals surface area contributed by atoms with Gasteiger partial charge in [-0.05, 0) is 78.5 Å². The van der Waals surface area contributed by atoms with E-state index in [0.29, 0.717) is 10.7 Å². The van der Waals surface area contributed by atoms with Gasteiger partial charge in [-0.15, -0.1) is 11.3 Å². The van der Waals surface area contributed by atoms with Crippen LogP contribution in [0.5, 0.6) is 0 Å². The molecule has 2 aliphatic carbocycles. The first-order valence-electron chi connectivity index (χ1n) is 19.5. The third-order valence-corrected chi connectivity index (χ3v) is 13.1. The minimum absolute atomic E-state index is 0.0867. The molecular weight excluding hydrogens is 669 g/mol. The van der Waals surface area contributed by atoms with E-state index in [1.54, 1.807) is 6.07 Å². The Labute approximate surface area is 313 Å². The van der Waals surface area contributed by atoms with Crippen molar-refractivity contribution in [2.75, 3.05) is 13.1 Å². The molecule has 3 aliphatic rings. The lowest BCUT2D eigenvalue weighted by Crippen LogP contribution is -2.59. The number of benzene rings is 1. The molecule has 1 saturated carbocycles. The molecule has 8 nitrogen and oxygen atoms in total. The number of likely N-dealkylation sites (tertiary alicyclic amines) is 1. The van der Waals surface area contributed by atoms with Crippen LogP contribution in [0.25, 0.3) is 17.0 Å². The van der Waals surface area contributed by atoms with Gasteiger partial charge in [-0.2, -0.15) is 0 Å².